The van der Waals surface area contributed by atoms with Crippen LogP contribution in [0.1, 0.15) is 59.8 Å². The molecule has 208 valence electrons. The van der Waals surface area contributed by atoms with Crippen LogP contribution in [0.5, 0.6) is 0 Å². The van der Waals surface area contributed by atoms with Gasteiger partial charge in [-0.15, -0.1) is 0 Å². The highest BCUT2D eigenvalue weighted by atomic mass is 16.9. The molecular formula is C30H40O8. The Kier molecular flexibility index (Phi) is 5.89. The molecule has 0 aromatic carbocycles. The summed E-state index contributed by atoms with van der Waals surface area (Å²) in [6.07, 6.45) is 11.4. The molecule has 0 aromatic rings. The monoisotopic (exact) mass is 528 g/mol. The van der Waals surface area contributed by atoms with E-state index in [0.29, 0.717) is 12.0 Å². The van der Waals surface area contributed by atoms with Crippen molar-refractivity contribution in [1.29, 1.82) is 0 Å². The highest BCUT2D eigenvalue weighted by Crippen LogP contribution is 2.72. The van der Waals surface area contributed by atoms with E-state index in [1.54, 1.807) is 19.1 Å². The highest BCUT2D eigenvalue weighted by Gasteiger charge is 2.88. The zero-order valence-electron chi connectivity index (χ0n) is 22.7. The second kappa shape index (κ2) is 8.43. The van der Waals surface area contributed by atoms with Crippen LogP contribution < -0.4 is 0 Å². The van der Waals surface area contributed by atoms with Crippen LogP contribution in [0.3, 0.4) is 0 Å². The Bertz CT molecular complexity index is 1140. The Labute approximate surface area is 224 Å². The van der Waals surface area contributed by atoms with Gasteiger partial charge < -0.3 is 34.3 Å². The fraction of sp³-hybridized carbons (Fsp3) is 0.700. The van der Waals surface area contributed by atoms with E-state index in [-0.39, 0.29) is 5.92 Å². The SMILES string of the molecule is C=C(C)[C@]12C[C@@H](C)[C@@]34OC(/C=C\C=C\CCCCC)(O[C@@H]1[C@@H]3[C@@H]1O[C@]1(CO)[C@@H](O)[C@]1(O)C(=O)C(C)=C[C@H]14)O2. The summed E-state index contributed by atoms with van der Waals surface area (Å²) < 4.78 is 26.3. The lowest BCUT2D eigenvalue weighted by atomic mass is 9.54. The van der Waals surface area contributed by atoms with E-state index in [1.807, 2.05) is 26.0 Å². The van der Waals surface area contributed by atoms with Crippen LogP contribution in [0.15, 0.2) is 48.1 Å². The van der Waals surface area contributed by atoms with E-state index >= 15 is 0 Å². The third-order valence-electron chi connectivity index (χ3n) is 10.2. The number of Topliss-reactive ketones (excluding diaryl/α,β-unsaturated/α-hetero) is 1. The van der Waals surface area contributed by atoms with Crippen molar-refractivity contribution >= 4 is 5.78 Å². The molecule has 1 unspecified atom stereocenters. The third kappa shape index (κ3) is 3.03. The first-order valence-electron chi connectivity index (χ1n) is 14.0. The first-order chi connectivity index (χ1) is 18.0. The Morgan fingerprint density at radius 1 is 1.21 bits per heavy atom. The Balaban J connectivity index is 1.48. The number of aliphatic hydroxyl groups is 3. The molecule has 3 N–H and O–H groups in total. The summed E-state index contributed by atoms with van der Waals surface area (Å²) in [5.74, 6) is -3.79. The molecule has 0 amide bonds. The smallest absolute Gasteiger partial charge is 0.306 e. The van der Waals surface area contributed by atoms with E-state index in [0.717, 1.165) is 24.8 Å². The normalized spacial score (nSPS) is 52.2. The van der Waals surface area contributed by atoms with Gasteiger partial charge in [0.1, 0.15) is 29.5 Å². The average molecular weight is 529 g/mol. The summed E-state index contributed by atoms with van der Waals surface area (Å²) in [6.45, 7) is 11.5. The predicted octanol–water partition coefficient (Wildman–Crippen LogP) is 2.87. The van der Waals surface area contributed by atoms with Crippen molar-refractivity contribution < 1.29 is 39.1 Å². The average Bonchev–Trinajstić information content (AvgIpc) is 3.52. The van der Waals surface area contributed by atoms with Crippen molar-refractivity contribution in [2.24, 2.45) is 17.8 Å². The number of epoxide rings is 1. The molecule has 3 aliphatic carbocycles. The van der Waals surface area contributed by atoms with Gasteiger partial charge in [0, 0.05) is 17.9 Å². The number of aliphatic hydroxyl groups excluding tert-OH is 2. The minimum atomic E-state index is -2.21. The quantitative estimate of drug-likeness (QED) is 0.191. The molecule has 3 saturated heterocycles. The van der Waals surface area contributed by atoms with E-state index in [2.05, 4.69) is 19.6 Å². The van der Waals surface area contributed by atoms with E-state index in [1.165, 1.54) is 6.42 Å². The van der Waals surface area contributed by atoms with Crippen molar-refractivity contribution in [3.05, 3.63) is 48.1 Å². The summed E-state index contributed by atoms with van der Waals surface area (Å²) in [7, 11) is 0. The lowest BCUT2D eigenvalue weighted by Crippen LogP contribution is -2.72. The molecule has 0 spiro atoms. The second-order valence-electron chi connectivity index (χ2n) is 12.3. The zero-order chi connectivity index (χ0) is 27.3. The molecule has 0 radical (unpaired) electrons. The van der Waals surface area contributed by atoms with Crippen molar-refractivity contribution in [2.75, 3.05) is 6.61 Å². The molecule has 38 heavy (non-hydrogen) atoms. The van der Waals surface area contributed by atoms with Crippen molar-refractivity contribution in [2.45, 2.75) is 106 Å². The zero-order valence-corrected chi connectivity index (χ0v) is 22.7. The number of ether oxygens (including phenoxy) is 4. The van der Waals surface area contributed by atoms with Gasteiger partial charge in [-0.25, -0.2) is 0 Å². The lowest BCUT2D eigenvalue weighted by Gasteiger charge is -2.59. The first kappa shape index (κ1) is 26.6. The Morgan fingerprint density at radius 3 is 2.66 bits per heavy atom. The molecule has 3 heterocycles. The van der Waals surface area contributed by atoms with Gasteiger partial charge in [-0.2, -0.15) is 0 Å². The second-order valence-corrected chi connectivity index (χ2v) is 12.3. The maximum absolute atomic E-state index is 13.5. The minimum Gasteiger partial charge on any atom is -0.393 e. The minimum absolute atomic E-state index is 0.235. The molecule has 6 aliphatic rings. The van der Waals surface area contributed by atoms with Gasteiger partial charge in [0.25, 0.3) is 0 Å². The van der Waals surface area contributed by atoms with Crippen molar-refractivity contribution in [3.8, 4) is 0 Å². The standard InChI is InChI=1S/C30H40O8/c1-6-7-8-9-10-11-12-13-28-36-23-21-24-27(16-31,35-24)25(33)29(34)20(14-18(4)22(29)32)30(21,38-28)19(5)15-26(23,37-28)17(2)3/h10-14,19-21,23-25,31,33-34H,2,6-9,15-16H2,1,3-5H3/b11-10+,13-12-/t19-,20-,21-,23-,24+,25-,26-,27+,28?,29-,30+/m1/s1. The molecule has 5 fully saturated rings. The maximum Gasteiger partial charge on any atom is 0.306 e. The lowest BCUT2D eigenvalue weighted by molar-refractivity contribution is -0.406. The molecule has 0 aromatic heterocycles. The number of fused-ring (bicyclic) bond motifs is 3. The summed E-state index contributed by atoms with van der Waals surface area (Å²) in [5, 5.41) is 34.1. The number of allylic oxidation sites excluding steroid dienone is 3. The van der Waals surface area contributed by atoms with Crippen LogP contribution in [-0.2, 0) is 23.7 Å². The molecular weight excluding hydrogens is 488 g/mol. The van der Waals surface area contributed by atoms with Crippen LogP contribution in [0.2, 0.25) is 0 Å². The van der Waals surface area contributed by atoms with Gasteiger partial charge in [0.05, 0.1) is 12.2 Å². The molecule has 11 atom stereocenters. The van der Waals surface area contributed by atoms with E-state index < -0.39 is 70.9 Å². The van der Waals surface area contributed by atoms with Crippen LogP contribution in [0.4, 0.5) is 0 Å². The fourth-order valence-electron chi connectivity index (χ4n) is 8.28. The largest absolute Gasteiger partial charge is 0.393 e. The number of carbonyl (C=O) groups excluding carboxylic acids is 1. The predicted molar refractivity (Wildman–Crippen MR) is 138 cm³/mol. The molecule has 3 bridgehead atoms. The molecule has 2 saturated carbocycles. The van der Waals surface area contributed by atoms with Gasteiger partial charge in [-0.1, -0.05) is 57.6 Å². The Hall–Kier alpha value is -1.65. The molecule has 8 nitrogen and oxygen atoms in total. The summed E-state index contributed by atoms with van der Waals surface area (Å²) in [6, 6.07) is 0. The number of ketones is 1. The van der Waals surface area contributed by atoms with Crippen molar-refractivity contribution in [3.63, 3.8) is 0 Å². The van der Waals surface area contributed by atoms with Crippen LogP contribution in [-0.4, -0.2) is 74.4 Å². The third-order valence-corrected chi connectivity index (χ3v) is 10.2. The molecule has 3 aliphatic heterocycles. The van der Waals surface area contributed by atoms with Crippen molar-refractivity contribution in [1.82, 2.24) is 0 Å². The van der Waals surface area contributed by atoms with Gasteiger partial charge in [-0.05, 0) is 50.2 Å². The van der Waals surface area contributed by atoms with E-state index in [9.17, 15) is 20.1 Å². The van der Waals surface area contributed by atoms with Crippen LogP contribution in [0.25, 0.3) is 0 Å². The Morgan fingerprint density at radius 2 is 1.97 bits per heavy atom. The number of hydrogen-bond donors (Lipinski definition) is 3. The van der Waals surface area contributed by atoms with E-state index in [4.69, 9.17) is 18.9 Å². The van der Waals surface area contributed by atoms with Gasteiger partial charge in [0.2, 0.25) is 0 Å². The molecule has 6 rings (SSSR count). The number of carbonyl (C=O) groups is 1. The fourth-order valence-corrected chi connectivity index (χ4v) is 8.28. The first-order valence-corrected chi connectivity index (χ1v) is 14.0. The maximum atomic E-state index is 13.5. The van der Waals surface area contributed by atoms with Gasteiger partial charge in [-0.3, -0.25) is 4.79 Å². The number of rotatable bonds is 8. The van der Waals surface area contributed by atoms with Crippen LogP contribution in [0, 0.1) is 17.8 Å². The number of unbranched alkanes of at least 4 members (excludes halogenated alkanes) is 3. The number of hydrogen-bond acceptors (Lipinski definition) is 8. The molecule has 8 heteroatoms. The van der Waals surface area contributed by atoms with Gasteiger partial charge >= 0.3 is 5.97 Å². The topological polar surface area (TPSA) is 118 Å². The summed E-state index contributed by atoms with van der Waals surface area (Å²) >= 11 is 0. The highest BCUT2D eigenvalue weighted by molar-refractivity contribution is 6.05. The summed E-state index contributed by atoms with van der Waals surface area (Å²) in [4.78, 5) is 13.5. The van der Waals surface area contributed by atoms with Crippen LogP contribution >= 0.6 is 0 Å². The summed E-state index contributed by atoms with van der Waals surface area (Å²) in [5.41, 5.74) is -4.66. The van der Waals surface area contributed by atoms with Gasteiger partial charge in [0.15, 0.2) is 11.4 Å².